The minimum Gasteiger partial charge on any atom is -0.489 e. The van der Waals surface area contributed by atoms with Gasteiger partial charge in [0.1, 0.15) is 12.4 Å². The van der Waals surface area contributed by atoms with E-state index < -0.39 is 0 Å². The van der Waals surface area contributed by atoms with Crippen LogP contribution >= 0.6 is 0 Å². The largest absolute Gasteiger partial charge is 0.489 e. The lowest BCUT2D eigenvalue weighted by atomic mass is 10.1. The lowest BCUT2D eigenvalue weighted by Gasteiger charge is -2.36. The number of ether oxygens (including phenoxy) is 1. The molecule has 4 rings (SSSR count). The number of amides is 2. The molecule has 0 spiro atoms. The summed E-state index contributed by atoms with van der Waals surface area (Å²) >= 11 is 0. The molecule has 0 atom stereocenters. The summed E-state index contributed by atoms with van der Waals surface area (Å²) in [5.74, 6) is 0.556. The molecule has 3 aromatic rings. The Morgan fingerprint density at radius 2 is 1.59 bits per heavy atom. The third kappa shape index (κ3) is 5.27. The average Bonchev–Trinajstić information content (AvgIpc) is 2.84. The first-order valence-electron chi connectivity index (χ1n) is 10.8. The molecule has 3 aromatic carbocycles. The number of nitrogens with zero attached hydrogens (tertiary/aromatic N) is 2. The first-order valence-corrected chi connectivity index (χ1v) is 10.8. The summed E-state index contributed by atoms with van der Waals surface area (Å²) < 4.78 is 5.86. The first-order chi connectivity index (χ1) is 15.6. The van der Waals surface area contributed by atoms with E-state index in [0.29, 0.717) is 31.0 Å². The maximum absolute atomic E-state index is 13.0. The molecule has 1 N–H and O–H groups in total. The minimum absolute atomic E-state index is 0.0978. The smallest absolute Gasteiger partial charge is 0.255 e. The molecule has 2 amide bonds. The molecule has 164 valence electrons. The van der Waals surface area contributed by atoms with Gasteiger partial charge < -0.3 is 19.9 Å². The number of para-hydroxylation sites is 2. The molecule has 1 aliphatic heterocycles. The van der Waals surface area contributed by atoms with Crippen LogP contribution in [-0.4, -0.2) is 42.9 Å². The fourth-order valence-corrected chi connectivity index (χ4v) is 3.78. The van der Waals surface area contributed by atoms with Gasteiger partial charge in [0.05, 0.1) is 11.4 Å². The van der Waals surface area contributed by atoms with Crippen molar-refractivity contribution in [3.8, 4) is 5.75 Å². The number of hydrogen-bond acceptors (Lipinski definition) is 4. The second-order valence-electron chi connectivity index (χ2n) is 7.77. The maximum atomic E-state index is 13.0. The molecule has 0 aliphatic carbocycles. The predicted octanol–water partition coefficient (Wildman–Crippen LogP) is 4.19. The molecule has 1 fully saturated rings. The van der Waals surface area contributed by atoms with Crippen LogP contribution in [0.4, 0.5) is 11.4 Å². The normalized spacial score (nSPS) is 13.5. The molecule has 0 radical (unpaired) electrons. The van der Waals surface area contributed by atoms with Crippen molar-refractivity contribution in [3.63, 3.8) is 0 Å². The van der Waals surface area contributed by atoms with E-state index in [0.717, 1.165) is 30.0 Å². The van der Waals surface area contributed by atoms with Crippen molar-refractivity contribution in [2.45, 2.75) is 13.5 Å². The molecule has 32 heavy (non-hydrogen) atoms. The molecule has 0 bridgehead atoms. The van der Waals surface area contributed by atoms with Crippen LogP contribution in [0.15, 0.2) is 78.9 Å². The molecule has 1 saturated heterocycles. The van der Waals surface area contributed by atoms with Gasteiger partial charge in [0.15, 0.2) is 0 Å². The van der Waals surface area contributed by atoms with Gasteiger partial charge in [-0.05, 0) is 35.9 Å². The van der Waals surface area contributed by atoms with Crippen LogP contribution in [0.2, 0.25) is 0 Å². The Kier molecular flexibility index (Phi) is 6.70. The molecule has 6 nitrogen and oxygen atoms in total. The standard InChI is InChI=1S/C26H27N3O3/c1-20(30)28-14-16-29(17-15-28)25-13-6-5-12-24(25)27-26(31)22-10-7-11-23(18-22)32-19-21-8-3-2-4-9-21/h2-13,18H,14-17,19H2,1H3,(H,27,31). The predicted molar refractivity (Wildman–Crippen MR) is 126 cm³/mol. The summed E-state index contributed by atoms with van der Waals surface area (Å²) in [7, 11) is 0. The fourth-order valence-electron chi connectivity index (χ4n) is 3.78. The molecule has 1 aliphatic rings. The number of rotatable bonds is 6. The number of nitrogens with one attached hydrogen (secondary N) is 1. The van der Waals surface area contributed by atoms with Gasteiger partial charge in [-0.2, -0.15) is 0 Å². The Balaban J connectivity index is 1.43. The Bertz CT molecular complexity index is 1080. The fraction of sp³-hybridized carbons (Fsp3) is 0.231. The highest BCUT2D eigenvalue weighted by molar-refractivity contribution is 6.06. The maximum Gasteiger partial charge on any atom is 0.255 e. The molecular weight excluding hydrogens is 402 g/mol. The van der Waals surface area contributed by atoms with E-state index in [9.17, 15) is 9.59 Å². The van der Waals surface area contributed by atoms with Gasteiger partial charge in [-0.15, -0.1) is 0 Å². The Hall–Kier alpha value is -3.80. The SMILES string of the molecule is CC(=O)N1CCN(c2ccccc2NC(=O)c2cccc(OCc3ccccc3)c2)CC1. The number of carbonyl (C=O) groups excluding carboxylic acids is 2. The minimum atomic E-state index is -0.190. The van der Waals surface area contributed by atoms with E-state index in [1.54, 1.807) is 19.1 Å². The van der Waals surface area contributed by atoms with E-state index in [4.69, 9.17) is 4.74 Å². The quantitative estimate of drug-likeness (QED) is 0.638. The van der Waals surface area contributed by atoms with Crippen LogP contribution in [0.3, 0.4) is 0 Å². The zero-order valence-electron chi connectivity index (χ0n) is 18.2. The van der Waals surface area contributed by atoms with Crippen molar-refractivity contribution < 1.29 is 14.3 Å². The van der Waals surface area contributed by atoms with Crippen molar-refractivity contribution in [2.24, 2.45) is 0 Å². The van der Waals surface area contributed by atoms with E-state index in [-0.39, 0.29) is 11.8 Å². The van der Waals surface area contributed by atoms with Crippen molar-refractivity contribution in [1.82, 2.24) is 4.90 Å². The highest BCUT2D eigenvalue weighted by atomic mass is 16.5. The van der Waals surface area contributed by atoms with E-state index in [1.165, 1.54) is 0 Å². The number of benzene rings is 3. The first kappa shape index (κ1) is 21.4. The van der Waals surface area contributed by atoms with E-state index in [1.807, 2.05) is 71.6 Å². The van der Waals surface area contributed by atoms with Crippen LogP contribution in [0.25, 0.3) is 0 Å². The molecule has 0 unspecified atom stereocenters. The average molecular weight is 430 g/mol. The number of piperazine rings is 1. The van der Waals surface area contributed by atoms with Gasteiger partial charge in [0, 0.05) is 38.7 Å². The highest BCUT2D eigenvalue weighted by Crippen LogP contribution is 2.27. The third-order valence-corrected chi connectivity index (χ3v) is 5.56. The molecule has 1 heterocycles. The van der Waals surface area contributed by atoms with Crippen molar-refractivity contribution in [1.29, 1.82) is 0 Å². The van der Waals surface area contributed by atoms with Crippen molar-refractivity contribution >= 4 is 23.2 Å². The topological polar surface area (TPSA) is 61.9 Å². The summed E-state index contributed by atoms with van der Waals surface area (Å²) in [6.07, 6.45) is 0. The monoisotopic (exact) mass is 429 g/mol. The van der Waals surface area contributed by atoms with E-state index in [2.05, 4.69) is 10.2 Å². The van der Waals surface area contributed by atoms with E-state index >= 15 is 0 Å². The number of carbonyl (C=O) groups is 2. The molecule has 0 saturated carbocycles. The van der Waals surface area contributed by atoms with Gasteiger partial charge >= 0.3 is 0 Å². The van der Waals surface area contributed by atoms with Crippen molar-refractivity contribution in [2.75, 3.05) is 36.4 Å². The Morgan fingerprint density at radius 1 is 0.875 bits per heavy atom. The number of hydrogen-bond donors (Lipinski definition) is 1. The molecular formula is C26H27N3O3. The Morgan fingerprint density at radius 3 is 2.34 bits per heavy atom. The summed E-state index contributed by atoms with van der Waals surface area (Å²) in [4.78, 5) is 28.6. The zero-order chi connectivity index (χ0) is 22.3. The van der Waals surface area contributed by atoms with Gasteiger partial charge in [-0.25, -0.2) is 0 Å². The number of anilines is 2. The molecule has 6 heteroatoms. The van der Waals surface area contributed by atoms with Gasteiger partial charge in [0.25, 0.3) is 5.91 Å². The van der Waals surface area contributed by atoms with Gasteiger partial charge in [0.2, 0.25) is 5.91 Å². The van der Waals surface area contributed by atoms with Gasteiger partial charge in [-0.1, -0.05) is 48.5 Å². The van der Waals surface area contributed by atoms with Crippen LogP contribution in [0.1, 0.15) is 22.8 Å². The zero-order valence-corrected chi connectivity index (χ0v) is 18.2. The van der Waals surface area contributed by atoms with Crippen LogP contribution in [0, 0.1) is 0 Å². The lowest BCUT2D eigenvalue weighted by molar-refractivity contribution is -0.129. The van der Waals surface area contributed by atoms with Crippen LogP contribution < -0.4 is 15.0 Å². The summed E-state index contributed by atoms with van der Waals surface area (Å²) in [5, 5.41) is 3.04. The summed E-state index contributed by atoms with van der Waals surface area (Å²) in [6, 6.07) is 24.9. The summed E-state index contributed by atoms with van der Waals surface area (Å²) in [6.45, 7) is 4.86. The second-order valence-corrected chi connectivity index (χ2v) is 7.77. The van der Waals surface area contributed by atoms with Gasteiger partial charge in [-0.3, -0.25) is 9.59 Å². The lowest BCUT2D eigenvalue weighted by Crippen LogP contribution is -2.48. The van der Waals surface area contributed by atoms with Crippen LogP contribution in [0.5, 0.6) is 5.75 Å². The van der Waals surface area contributed by atoms with Crippen LogP contribution in [-0.2, 0) is 11.4 Å². The van der Waals surface area contributed by atoms with Crippen molar-refractivity contribution in [3.05, 3.63) is 90.0 Å². The molecule has 0 aromatic heterocycles. The highest BCUT2D eigenvalue weighted by Gasteiger charge is 2.21. The second kappa shape index (κ2) is 10.0. The Labute approximate surface area is 188 Å². The third-order valence-electron chi connectivity index (χ3n) is 5.56. The summed E-state index contributed by atoms with van der Waals surface area (Å²) in [5.41, 5.74) is 3.32.